The summed E-state index contributed by atoms with van der Waals surface area (Å²) in [6.07, 6.45) is 6.40. The van der Waals surface area contributed by atoms with Crippen LogP contribution in [0.4, 0.5) is 0 Å². The molecule has 0 radical (unpaired) electrons. The van der Waals surface area contributed by atoms with Crippen molar-refractivity contribution < 1.29 is 9.53 Å². The highest BCUT2D eigenvalue weighted by Gasteiger charge is 2.04. The van der Waals surface area contributed by atoms with Crippen molar-refractivity contribution in [3.63, 3.8) is 0 Å². The zero-order chi connectivity index (χ0) is 9.40. The van der Waals surface area contributed by atoms with Gasteiger partial charge in [-0.05, 0) is 20.3 Å². The van der Waals surface area contributed by atoms with Gasteiger partial charge in [0.1, 0.15) is 0 Å². The van der Waals surface area contributed by atoms with Crippen molar-refractivity contribution in [2.75, 3.05) is 0 Å². The number of hydrogen-bond acceptors (Lipinski definition) is 2. The van der Waals surface area contributed by atoms with Crippen molar-refractivity contribution in [3.8, 4) is 0 Å². The first-order valence-electron chi connectivity index (χ1n) is 4.54. The second-order valence-corrected chi connectivity index (χ2v) is 2.89. The Morgan fingerprint density at radius 2 is 2.25 bits per heavy atom. The Labute approximate surface area is 74.6 Å². The Kier molecular flexibility index (Phi) is 6.44. The van der Waals surface area contributed by atoms with E-state index in [1.165, 1.54) is 6.08 Å². The Hall–Kier alpha value is -0.790. The second kappa shape index (κ2) is 6.89. The summed E-state index contributed by atoms with van der Waals surface area (Å²) < 4.78 is 5.07. The summed E-state index contributed by atoms with van der Waals surface area (Å²) >= 11 is 0. The van der Waals surface area contributed by atoms with Gasteiger partial charge in [-0.1, -0.05) is 25.8 Å². The smallest absolute Gasteiger partial charge is 0.330 e. The van der Waals surface area contributed by atoms with Crippen molar-refractivity contribution in [2.45, 2.75) is 46.1 Å². The van der Waals surface area contributed by atoms with Gasteiger partial charge in [0.15, 0.2) is 0 Å². The maximum Gasteiger partial charge on any atom is 0.330 e. The largest absolute Gasteiger partial charge is 0.460 e. The summed E-state index contributed by atoms with van der Waals surface area (Å²) in [6.45, 7) is 5.86. The van der Waals surface area contributed by atoms with E-state index in [2.05, 4.69) is 6.92 Å². The maximum atomic E-state index is 10.9. The fraction of sp³-hybridized carbons (Fsp3) is 0.700. The van der Waals surface area contributed by atoms with Gasteiger partial charge in [0.2, 0.25) is 0 Å². The van der Waals surface area contributed by atoms with Gasteiger partial charge < -0.3 is 4.74 Å². The highest BCUT2D eigenvalue weighted by atomic mass is 16.5. The molecule has 0 aliphatic carbocycles. The predicted molar refractivity (Wildman–Crippen MR) is 49.9 cm³/mol. The number of hydrogen-bond donors (Lipinski definition) is 0. The molecule has 0 bridgehead atoms. The van der Waals surface area contributed by atoms with Crippen molar-refractivity contribution in [1.82, 2.24) is 0 Å². The van der Waals surface area contributed by atoms with Gasteiger partial charge in [-0.25, -0.2) is 4.79 Å². The molecule has 0 rings (SSSR count). The quantitative estimate of drug-likeness (QED) is 0.468. The highest BCUT2D eigenvalue weighted by molar-refractivity contribution is 5.81. The molecule has 1 unspecified atom stereocenters. The molecule has 0 saturated carbocycles. The van der Waals surface area contributed by atoms with Gasteiger partial charge in [0.05, 0.1) is 6.10 Å². The first kappa shape index (κ1) is 11.2. The van der Waals surface area contributed by atoms with Crippen LogP contribution in [-0.4, -0.2) is 12.1 Å². The van der Waals surface area contributed by atoms with E-state index in [1.54, 1.807) is 13.0 Å². The number of rotatable bonds is 5. The molecule has 0 amide bonds. The zero-order valence-electron chi connectivity index (χ0n) is 8.17. The molecular formula is C10H18O2. The highest BCUT2D eigenvalue weighted by Crippen LogP contribution is 2.04. The molecule has 0 N–H and O–H groups in total. The van der Waals surface area contributed by atoms with Crippen molar-refractivity contribution in [2.24, 2.45) is 0 Å². The minimum atomic E-state index is -0.235. The predicted octanol–water partition coefficient (Wildman–Crippen LogP) is 2.68. The number of carbonyl (C=O) groups excluding carboxylic acids is 1. The third-order valence-corrected chi connectivity index (χ3v) is 1.58. The van der Waals surface area contributed by atoms with Crippen LogP contribution in [0.15, 0.2) is 12.2 Å². The molecule has 12 heavy (non-hydrogen) atoms. The van der Waals surface area contributed by atoms with E-state index in [1.807, 2.05) is 6.92 Å². The van der Waals surface area contributed by atoms with E-state index in [0.29, 0.717) is 0 Å². The lowest BCUT2D eigenvalue weighted by atomic mass is 10.2. The zero-order valence-corrected chi connectivity index (χ0v) is 8.17. The van der Waals surface area contributed by atoms with Gasteiger partial charge in [-0.15, -0.1) is 0 Å². The van der Waals surface area contributed by atoms with E-state index < -0.39 is 0 Å². The van der Waals surface area contributed by atoms with Crippen LogP contribution in [0.5, 0.6) is 0 Å². The van der Waals surface area contributed by atoms with Crippen LogP contribution in [0.3, 0.4) is 0 Å². The number of ether oxygens (including phenoxy) is 1. The minimum absolute atomic E-state index is 0.0497. The summed E-state index contributed by atoms with van der Waals surface area (Å²) in [4.78, 5) is 10.9. The van der Waals surface area contributed by atoms with E-state index in [0.717, 1.165) is 19.3 Å². The summed E-state index contributed by atoms with van der Waals surface area (Å²) in [7, 11) is 0. The SMILES string of the molecule is C/C=C/C(=O)OC(C)CCCC. The molecule has 2 nitrogen and oxygen atoms in total. The Morgan fingerprint density at radius 3 is 2.75 bits per heavy atom. The molecule has 0 aliphatic rings. The molecule has 0 aliphatic heterocycles. The summed E-state index contributed by atoms with van der Waals surface area (Å²) in [5.41, 5.74) is 0. The standard InChI is InChI=1S/C10H18O2/c1-4-6-8-9(3)12-10(11)7-5-2/h5,7,9H,4,6,8H2,1-3H3/b7-5+. The van der Waals surface area contributed by atoms with Gasteiger partial charge in [-0.2, -0.15) is 0 Å². The van der Waals surface area contributed by atoms with Crippen LogP contribution in [0.25, 0.3) is 0 Å². The van der Waals surface area contributed by atoms with Crippen LogP contribution < -0.4 is 0 Å². The Morgan fingerprint density at radius 1 is 1.58 bits per heavy atom. The van der Waals surface area contributed by atoms with Gasteiger partial charge in [0, 0.05) is 6.08 Å². The lowest BCUT2D eigenvalue weighted by Gasteiger charge is -2.10. The minimum Gasteiger partial charge on any atom is -0.460 e. The van der Waals surface area contributed by atoms with E-state index in [9.17, 15) is 4.79 Å². The molecule has 0 aromatic carbocycles. The third-order valence-electron chi connectivity index (χ3n) is 1.58. The molecule has 0 fully saturated rings. The van der Waals surface area contributed by atoms with E-state index >= 15 is 0 Å². The summed E-state index contributed by atoms with van der Waals surface area (Å²) in [5, 5.41) is 0. The molecule has 2 heteroatoms. The van der Waals surface area contributed by atoms with E-state index in [4.69, 9.17) is 4.74 Å². The number of allylic oxidation sites excluding steroid dienone is 1. The molecule has 0 heterocycles. The van der Waals surface area contributed by atoms with Crippen LogP contribution in [0, 0.1) is 0 Å². The molecule has 0 aromatic heterocycles. The van der Waals surface area contributed by atoms with Crippen LogP contribution >= 0.6 is 0 Å². The molecule has 70 valence electrons. The van der Waals surface area contributed by atoms with Crippen molar-refractivity contribution >= 4 is 5.97 Å². The average Bonchev–Trinajstić information content (AvgIpc) is 2.01. The number of esters is 1. The maximum absolute atomic E-state index is 10.9. The molecule has 0 spiro atoms. The van der Waals surface area contributed by atoms with Crippen LogP contribution in [0.1, 0.15) is 40.0 Å². The summed E-state index contributed by atoms with van der Waals surface area (Å²) in [5.74, 6) is -0.235. The second-order valence-electron chi connectivity index (χ2n) is 2.89. The fourth-order valence-corrected chi connectivity index (χ4v) is 0.924. The molecule has 0 saturated heterocycles. The monoisotopic (exact) mass is 170 g/mol. The molecule has 0 aromatic rings. The van der Waals surface area contributed by atoms with Crippen molar-refractivity contribution in [3.05, 3.63) is 12.2 Å². The number of carbonyl (C=O) groups is 1. The van der Waals surface area contributed by atoms with E-state index in [-0.39, 0.29) is 12.1 Å². The van der Waals surface area contributed by atoms with Crippen LogP contribution in [-0.2, 0) is 9.53 Å². The summed E-state index contributed by atoms with van der Waals surface area (Å²) in [6, 6.07) is 0. The van der Waals surface area contributed by atoms with Gasteiger partial charge >= 0.3 is 5.97 Å². The average molecular weight is 170 g/mol. The Balaban J connectivity index is 3.53. The fourth-order valence-electron chi connectivity index (χ4n) is 0.924. The number of unbranched alkanes of at least 4 members (excludes halogenated alkanes) is 1. The first-order chi connectivity index (χ1) is 5.70. The van der Waals surface area contributed by atoms with Gasteiger partial charge in [0.25, 0.3) is 0 Å². The van der Waals surface area contributed by atoms with Crippen LogP contribution in [0.2, 0.25) is 0 Å². The lowest BCUT2D eigenvalue weighted by Crippen LogP contribution is -2.12. The van der Waals surface area contributed by atoms with Gasteiger partial charge in [-0.3, -0.25) is 0 Å². The third kappa shape index (κ3) is 5.96. The van der Waals surface area contributed by atoms with Crippen molar-refractivity contribution in [1.29, 1.82) is 0 Å². The molecule has 1 atom stereocenters. The topological polar surface area (TPSA) is 26.3 Å². The lowest BCUT2D eigenvalue weighted by molar-refractivity contribution is -0.142. The molecular weight excluding hydrogens is 152 g/mol. The first-order valence-corrected chi connectivity index (χ1v) is 4.54. The Bertz CT molecular complexity index is 150. The normalized spacial score (nSPS) is 13.2.